The number of aromatic nitrogens is 1. The largest absolute Gasteiger partial charge is 0.357 e. The molecule has 4 heteroatoms. The van der Waals surface area contributed by atoms with Crippen LogP contribution in [0.4, 0.5) is 0 Å². The third-order valence-electron chi connectivity index (χ3n) is 4.64. The summed E-state index contributed by atoms with van der Waals surface area (Å²) >= 11 is 5.95. The van der Waals surface area contributed by atoms with Crippen LogP contribution >= 0.6 is 38.5 Å². The Morgan fingerprint density at radius 3 is 2.83 bits per heavy atom. The van der Waals surface area contributed by atoms with Crippen LogP contribution in [0.5, 0.6) is 0 Å². The van der Waals surface area contributed by atoms with Crippen molar-refractivity contribution in [3.8, 4) is 0 Å². The van der Waals surface area contributed by atoms with Gasteiger partial charge in [0.2, 0.25) is 0 Å². The fourth-order valence-corrected chi connectivity index (χ4v) is 4.20. The van der Waals surface area contributed by atoms with Gasteiger partial charge in [0, 0.05) is 37.2 Å². The zero-order valence-electron chi connectivity index (χ0n) is 12.7. The van der Waals surface area contributed by atoms with E-state index in [9.17, 15) is 0 Å². The summed E-state index contributed by atoms with van der Waals surface area (Å²) < 4.78 is 2.44. The first-order valence-corrected chi connectivity index (χ1v) is 9.86. The second-order valence-electron chi connectivity index (χ2n) is 6.16. The van der Waals surface area contributed by atoms with Crippen LogP contribution in [0.3, 0.4) is 0 Å². The van der Waals surface area contributed by atoms with Crippen molar-refractivity contribution in [1.82, 2.24) is 10.3 Å². The van der Waals surface area contributed by atoms with Gasteiger partial charge >= 0.3 is 0 Å². The zero-order chi connectivity index (χ0) is 15.8. The molecular formula is C19H18BrIN2. The minimum Gasteiger partial charge on any atom is -0.357 e. The van der Waals surface area contributed by atoms with Crippen molar-refractivity contribution < 1.29 is 0 Å². The summed E-state index contributed by atoms with van der Waals surface area (Å²) in [6.45, 7) is 0.917. The van der Waals surface area contributed by atoms with Gasteiger partial charge in [0.15, 0.2) is 0 Å². The van der Waals surface area contributed by atoms with E-state index >= 15 is 0 Å². The summed E-state index contributed by atoms with van der Waals surface area (Å²) in [5.74, 6) is 0. The summed E-state index contributed by atoms with van der Waals surface area (Å²) in [4.78, 5) is 3.65. The van der Waals surface area contributed by atoms with Crippen molar-refractivity contribution in [1.29, 1.82) is 0 Å². The molecule has 0 saturated heterocycles. The van der Waals surface area contributed by atoms with Crippen LogP contribution in [0, 0.1) is 3.57 Å². The van der Waals surface area contributed by atoms with E-state index in [1.165, 1.54) is 50.6 Å². The quantitative estimate of drug-likeness (QED) is 0.462. The fourth-order valence-electron chi connectivity index (χ4n) is 3.48. The number of hydrogen-bond donors (Lipinski definition) is 2. The molecule has 3 aromatic rings. The van der Waals surface area contributed by atoms with Gasteiger partial charge in [-0.05, 0) is 83.3 Å². The summed E-state index contributed by atoms with van der Waals surface area (Å²) in [6, 6.07) is 15.7. The number of rotatable bonds is 3. The highest BCUT2D eigenvalue weighted by molar-refractivity contribution is 14.1. The number of hydrogen-bond acceptors (Lipinski definition) is 1. The molecule has 0 bridgehead atoms. The Bertz CT molecular complexity index is 838. The molecule has 2 N–H and O–H groups in total. The Morgan fingerprint density at radius 1 is 1.17 bits per heavy atom. The monoisotopic (exact) mass is 480 g/mol. The molecule has 2 aromatic carbocycles. The molecule has 0 aliphatic heterocycles. The van der Waals surface area contributed by atoms with Crippen molar-refractivity contribution in [3.63, 3.8) is 0 Å². The molecule has 0 fully saturated rings. The Kier molecular flexibility index (Phi) is 4.48. The lowest BCUT2D eigenvalue weighted by Gasteiger charge is -2.24. The van der Waals surface area contributed by atoms with Crippen LogP contribution in [0.1, 0.15) is 35.7 Å². The summed E-state index contributed by atoms with van der Waals surface area (Å²) in [5.41, 5.74) is 5.47. The van der Waals surface area contributed by atoms with Crippen LogP contribution in [0.15, 0.2) is 46.9 Å². The first-order valence-electron chi connectivity index (χ1n) is 7.98. The molecule has 2 nitrogen and oxygen atoms in total. The SMILES string of the molecule is Brc1ccc2[nH]c3c(c2c1)CCC[C@H]3NCc1ccc(I)cc1. The fraction of sp³-hybridized carbons (Fsp3) is 0.263. The summed E-state index contributed by atoms with van der Waals surface area (Å²) in [5, 5.41) is 5.11. The molecule has 0 spiro atoms. The van der Waals surface area contributed by atoms with E-state index in [4.69, 9.17) is 0 Å². The van der Waals surface area contributed by atoms with Crippen molar-refractivity contribution >= 4 is 49.4 Å². The highest BCUT2D eigenvalue weighted by Gasteiger charge is 2.23. The smallest absolute Gasteiger partial charge is 0.0478 e. The molecule has 0 saturated carbocycles. The van der Waals surface area contributed by atoms with Gasteiger partial charge in [-0.1, -0.05) is 28.1 Å². The second kappa shape index (κ2) is 6.57. The van der Waals surface area contributed by atoms with E-state index in [2.05, 4.69) is 91.3 Å². The molecule has 1 aliphatic rings. The number of H-pyrrole nitrogens is 1. The highest BCUT2D eigenvalue weighted by Crippen LogP contribution is 2.35. The molecule has 23 heavy (non-hydrogen) atoms. The van der Waals surface area contributed by atoms with Crippen molar-refractivity contribution in [3.05, 3.63) is 67.3 Å². The number of aromatic amines is 1. The zero-order valence-corrected chi connectivity index (χ0v) is 16.4. The van der Waals surface area contributed by atoms with E-state index < -0.39 is 0 Å². The molecule has 1 heterocycles. The van der Waals surface area contributed by atoms with Gasteiger partial charge < -0.3 is 10.3 Å². The van der Waals surface area contributed by atoms with Crippen LogP contribution in [-0.4, -0.2) is 4.98 Å². The van der Waals surface area contributed by atoms with E-state index in [0.29, 0.717) is 6.04 Å². The maximum absolute atomic E-state index is 3.74. The second-order valence-corrected chi connectivity index (χ2v) is 8.32. The van der Waals surface area contributed by atoms with E-state index in [0.717, 1.165) is 11.0 Å². The average Bonchev–Trinajstić information content (AvgIpc) is 2.93. The first-order chi connectivity index (χ1) is 11.2. The lowest BCUT2D eigenvalue weighted by atomic mass is 9.91. The first kappa shape index (κ1) is 15.7. The molecule has 0 unspecified atom stereocenters. The molecule has 0 radical (unpaired) electrons. The molecular weight excluding hydrogens is 463 g/mol. The number of nitrogens with one attached hydrogen (secondary N) is 2. The van der Waals surface area contributed by atoms with Crippen molar-refractivity contribution in [2.75, 3.05) is 0 Å². The minimum absolute atomic E-state index is 0.421. The number of benzene rings is 2. The van der Waals surface area contributed by atoms with Crippen LogP contribution in [0.25, 0.3) is 10.9 Å². The average molecular weight is 481 g/mol. The van der Waals surface area contributed by atoms with Crippen molar-refractivity contribution in [2.45, 2.75) is 31.8 Å². The van der Waals surface area contributed by atoms with Gasteiger partial charge in [0.05, 0.1) is 0 Å². The molecule has 1 atom stereocenters. The summed E-state index contributed by atoms with van der Waals surface area (Å²) in [6.07, 6.45) is 3.62. The Hall–Kier alpha value is -0.850. The highest BCUT2D eigenvalue weighted by atomic mass is 127. The van der Waals surface area contributed by atoms with Gasteiger partial charge in [-0.25, -0.2) is 0 Å². The minimum atomic E-state index is 0.421. The Labute approximate surface area is 158 Å². The number of aryl methyl sites for hydroxylation is 1. The van der Waals surface area contributed by atoms with Crippen LogP contribution in [-0.2, 0) is 13.0 Å². The van der Waals surface area contributed by atoms with E-state index in [-0.39, 0.29) is 0 Å². The molecule has 1 aromatic heterocycles. The summed E-state index contributed by atoms with van der Waals surface area (Å²) in [7, 11) is 0. The molecule has 0 amide bonds. The Morgan fingerprint density at radius 2 is 2.00 bits per heavy atom. The maximum Gasteiger partial charge on any atom is 0.0478 e. The lowest BCUT2D eigenvalue weighted by molar-refractivity contribution is 0.452. The topological polar surface area (TPSA) is 27.8 Å². The third-order valence-corrected chi connectivity index (χ3v) is 5.85. The van der Waals surface area contributed by atoms with E-state index in [1.807, 2.05) is 0 Å². The van der Waals surface area contributed by atoms with Gasteiger partial charge in [0.1, 0.15) is 0 Å². The standard InChI is InChI=1S/C19H18BrIN2/c20-13-6-9-17-16(10-13)15-2-1-3-18(19(15)23-17)22-11-12-4-7-14(21)8-5-12/h4-10,18,22-23H,1-3,11H2/t18-/m1/s1. The normalized spacial score (nSPS) is 17.4. The number of halogens is 2. The van der Waals surface area contributed by atoms with Gasteiger partial charge in [-0.2, -0.15) is 0 Å². The molecule has 4 rings (SSSR count). The number of fused-ring (bicyclic) bond motifs is 3. The van der Waals surface area contributed by atoms with Crippen LogP contribution < -0.4 is 5.32 Å². The predicted molar refractivity (Wildman–Crippen MR) is 108 cm³/mol. The van der Waals surface area contributed by atoms with Gasteiger partial charge in [0.25, 0.3) is 0 Å². The predicted octanol–water partition coefficient (Wildman–Crippen LogP) is 5.70. The maximum atomic E-state index is 3.74. The Balaban J connectivity index is 1.60. The van der Waals surface area contributed by atoms with Gasteiger partial charge in [-0.3, -0.25) is 0 Å². The van der Waals surface area contributed by atoms with E-state index in [1.54, 1.807) is 0 Å². The third kappa shape index (κ3) is 3.21. The molecule has 118 valence electrons. The van der Waals surface area contributed by atoms with Gasteiger partial charge in [-0.15, -0.1) is 0 Å². The van der Waals surface area contributed by atoms with Crippen LogP contribution in [0.2, 0.25) is 0 Å². The van der Waals surface area contributed by atoms with Crippen molar-refractivity contribution in [2.24, 2.45) is 0 Å². The lowest BCUT2D eigenvalue weighted by Crippen LogP contribution is -2.24. The molecule has 1 aliphatic carbocycles.